The monoisotopic (exact) mass is 392 g/mol. The first-order valence-corrected chi connectivity index (χ1v) is 10.6. The first kappa shape index (κ1) is 18.5. The number of anilines is 1. The highest BCUT2D eigenvalue weighted by Gasteiger charge is 2.34. The first-order chi connectivity index (χ1) is 14.3. The molecule has 0 radical (unpaired) electrons. The Morgan fingerprint density at radius 3 is 2.76 bits per heavy atom. The summed E-state index contributed by atoms with van der Waals surface area (Å²) in [6.07, 6.45) is 2.40. The summed E-state index contributed by atoms with van der Waals surface area (Å²) >= 11 is 0. The molecule has 2 N–H and O–H groups in total. The van der Waals surface area contributed by atoms with Gasteiger partial charge in [-0.3, -0.25) is 4.90 Å². The van der Waals surface area contributed by atoms with Gasteiger partial charge in [-0.05, 0) is 42.7 Å². The van der Waals surface area contributed by atoms with Crippen LogP contribution in [0.5, 0.6) is 5.75 Å². The van der Waals surface area contributed by atoms with E-state index in [1.54, 1.807) is 0 Å². The highest BCUT2D eigenvalue weighted by molar-refractivity contribution is 5.88. The number of hydrogen-bond donors (Lipinski definition) is 1. The first-order valence-electron chi connectivity index (χ1n) is 10.6. The second-order valence-corrected chi connectivity index (χ2v) is 8.20. The van der Waals surface area contributed by atoms with Crippen molar-refractivity contribution in [3.63, 3.8) is 0 Å². The summed E-state index contributed by atoms with van der Waals surface area (Å²) in [5.41, 5.74) is 7.66. The van der Waals surface area contributed by atoms with Gasteiger partial charge in [0, 0.05) is 44.7 Å². The molecular formula is C23H28N4O2. The molecule has 0 aliphatic carbocycles. The van der Waals surface area contributed by atoms with Gasteiger partial charge in [-0.1, -0.05) is 29.4 Å². The second kappa shape index (κ2) is 8.05. The number of fused-ring (bicyclic) bond motifs is 2. The summed E-state index contributed by atoms with van der Waals surface area (Å²) in [4.78, 5) is 5.02. The van der Waals surface area contributed by atoms with Crippen LogP contribution >= 0.6 is 0 Å². The smallest absolute Gasteiger partial charge is 0.180 e. The molecule has 0 unspecified atom stereocenters. The van der Waals surface area contributed by atoms with E-state index in [0.29, 0.717) is 18.5 Å². The van der Waals surface area contributed by atoms with Crippen LogP contribution in [0.1, 0.15) is 18.4 Å². The molecule has 2 fully saturated rings. The number of nitrogens with two attached hydrogens (primary N) is 1. The summed E-state index contributed by atoms with van der Waals surface area (Å²) in [6.45, 7) is 5.53. The quantitative estimate of drug-likeness (QED) is 0.719. The number of hydrogen-bond acceptors (Lipinski definition) is 6. The Morgan fingerprint density at radius 2 is 1.90 bits per heavy atom. The lowest BCUT2D eigenvalue weighted by atomic mass is 9.91. The molecule has 3 heterocycles. The molecular weight excluding hydrogens is 364 g/mol. The molecule has 29 heavy (non-hydrogen) atoms. The minimum absolute atomic E-state index is 0.570. The third kappa shape index (κ3) is 3.82. The summed E-state index contributed by atoms with van der Waals surface area (Å²) in [5.74, 6) is 2.51. The Hall–Kier alpha value is -2.57. The average molecular weight is 393 g/mol. The molecule has 2 aliphatic rings. The van der Waals surface area contributed by atoms with Crippen molar-refractivity contribution >= 4 is 16.8 Å². The van der Waals surface area contributed by atoms with Crippen LogP contribution < -0.4 is 15.4 Å². The van der Waals surface area contributed by atoms with Gasteiger partial charge in [0.2, 0.25) is 0 Å². The molecule has 1 aromatic heterocycles. The maximum Gasteiger partial charge on any atom is 0.180 e. The van der Waals surface area contributed by atoms with Crippen LogP contribution in [0.2, 0.25) is 0 Å². The number of para-hydroxylation sites is 1. The highest BCUT2D eigenvalue weighted by atomic mass is 16.5. The largest absolute Gasteiger partial charge is 0.493 e. The zero-order valence-corrected chi connectivity index (χ0v) is 16.7. The van der Waals surface area contributed by atoms with Crippen molar-refractivity contribution in [2.24, 2.45) is 11.7 Å². The van der Waals surface area contributed by atoms with Crippen molar-refractivity contribution in [1.29, 1.82) is 0 Å². The lowest BCUT2D eigenvalue weighted by Crippen LogP contribution is -2.57. The van der Waals surface area contributed by atoms with E-state index in [2.05, 4.69) is 21.0 Å². The van der Waals surface area contributed by atoms with Crippen LogP contribution in [0.25, 0.3) is 11.0 Å². The summed E-state index contributed by atoms with van der Waals surface area (Å²) < 4.78 is 11.6. The van der Waals surface area contributed by atoms with E-state index in [4.69, 9.17) is 15.0 Å². The summed E-state index contributed by atoms with van der Waals surface area (Å²) in [6, 6.07) is 16.8. The van der Waals surface area contributed by atoms with E-state index in [-0.39, 0.29) is 0 Å². The van der Waals surface area contributed by atoms with Crippen molar-refractivity contribution < 1.29 is 9.26 Å². The molecule has 0 bridgehead atoms. The number of piperazine rings is 1. The van der Waals surface area contributed by atoms with Crippen LogP contribution in [0.15, 0.2) is 53.1 Å². The molecule has 2 aliphatic heterocycles. The Bertz CT molecular complexity index is 955. The standard InChI is InChI=1S/C23H28N4O2/c24-13-17-6-9-20(10-7-17)28-16-18-5-8-19-15-27(12-11-26(19)14-18)23-21-3-1-2-4-22(21)29-25-23/h1-4,6-7,9-10,18-19H,5,8,11-16,24H2/t18-,19-/m0/s1. The number of ether oxygens (including phenoxy) is 1. The molecule has 2 atom stereocenters. The molecule has 2 saturated heterocycles. The van der Waals surface area contributed by atoms with Crippen LogP contribution in [-0.4, -0.2) is 48.9 Å². The Kier molecular flexibility index (Phi) is 5.12. The number of rotatable bonds is 5. The van der Waals surface area contributed by atoms with Crippen molar-refractivity contribution in [2.45, 2.75) is 25.4 Å². The fourth-order valence-corrected chi connectivity index (χ4v) is 4.62. The Labute approximate surface area is 171 Å². The van der Waals surface area contributed by atoms with Crippen molar-refractivity contribution in [2.75, 3.05) is 37.7 Å². The maximum absolute atomic E-state index is 6.05. The summed E-state index contributed by atoms with van der Waals surface area (Å²) in [5, 5.41) is 5.47. The van der Waals surface area contributed by atoms with E-state index in [1.807, 2.05) is 42.5 Å². The predicted octanol–water partition coefficient (Wildman–Crippen LogP) is 3.27. The number of nitrogens with zero attached hydrogens (tertiary/aromatic N) is 3. The van der Waals surface area contributed by atoms with Gasteiger partial charge in [0.1, 0.15) is 5.75 Å². The summed E-state index contributed by atoms with van der Waals surface area (Å²) in [7, 11) is 0. The number of aromatic nitrogens is 1. The zero-order chi connectivity index (χ0) is 19.6. The van der Waals surface area contributed by atoms with Gasteiger partial charge in [0.25, 0.3) is 0 Å². The molecule has 0 spiro atoms. The van der Waals surface area contributed by atoms with E-state index < -0.39 is 0 Å². The number of piperidine rings is 1. The van der Waals surface area contributed by atoms with E-state index in [9.17, 15) is 0 Å². The van der Waals surface area contributed by atoms with Crippen molar-refractivity contribution in [1.82, 2.24) is 10.1 Å². The molecule has 152 valence electrons. The third-order valence-electron chi connectivity index (χ3n) is 6.31. The van der Waals surface area contributed by atoms with Gasteiger partial charge >= 0.3 is 0 Å². The van der Waals surface area contributed by atoms with Crippen molar-refractivity contribution in [3.8, 4) is 5.75 Å². The van der Waals surface area contributed by atoms with E-state index in [0.717, 1.165) is 60.9 Å². The lowest BCUT2D eigenvalue weighted by molar-refractivity contribution is 0.0727. The van der Waals surface area contributed by atoms with Gasteiger partial charge in [-0.2, -0.15) is 0 Å². The van der Waals surface area contributed by atoms with Crippen LogP contribution in [0.3, 0.4) is 0 Å². The van der Waals surface area contributed by atoms with Crippen LogP contribution in [0.4, 0.5) is 5.82 Å². The van der Waals surface area contributed by atoms with Gasteiger partial charge in [0.15, 0.2) is 11.4 Å². The van der Waals surface area contributed by atoms with Crippen LogP contribution in [0, 0.1) is 5.92 Å². The minimum Gasteiger partial charge on any atom is -0.493 e. The average Bonchev–Trinajstić information content (AvgIpc) is 3.22. The van der Waals surface area contributed by atoms with Gasteiger partial charge in [0.05, 0.1) is 12.0 Å². The molecule has 6 heteroatoms. The maximum atomic E-state index is 6.05. The molecule has 0 saturated carbocycles. The SMILES string of the molecule is NCc1ccc(OC[C@H]2CC[C@H]3CN(c4noc5ccccc45)CCN3C2)cc1. The molecule has 0 amide bonds. The zero-order valence-electron chi connectivity index (χ0n) is 16.7. The predicted molar refractivity (Wildman–Crippen MR) is 114 cm³/mol. The fourth-order valence-electron chi connectivity index (χ4n) is 4.62. The topological polar surface area (TPSA) is 67.8 Å². The van der Waals surface area contributed by atoms with E-state index in [1.165, 1.54) is 12.8 Å². The van der Waals surface area contributed by atoms with Gasteiger partial charge in [-0.25, -0.2) is 0 Å². The minimum atomic E-state index is 0.570. The van der Waals surface area contributed by atoms with Crippen LogP contribution in [-0.2, 0) is 6.54 Å². The molecule has 5 rings (SSSR count). The molecule has 6 nitrogen and oxygen atoms in total. The van der Waals surface area contributed by atoms with Gasteiger partial charge < -0.3 is 19.9 Å². The highest BCUT2D eigenvalue weighted by Crippen LogP contribution is 2.31. The fraction of sp³-hybridized carbons (Fsp3) is 0.435. The molecule has 2 aromatic carbocycles. The van der Waals surface area contributed by atoms with Gasteiger partial charge in [-0.15, -0.1) is 0 Å². The lowest BCUT2D eigenvalue weighted by Gasteiger charge is -2.46. The third-order valence-corrected chi connectivity index (χ3v) is 6.31. The Morgan fingerprint density at radius 1 is 1.03 bits per heavy atom. The Balaban J connectivity index is 1.17. The second-order valence-electron chi connectivity index (χ2n) is 8.20. The molecule has 3 aromatic rings. The van der Waals surface area contributed by atoms with Crippen molar-refractivity contribution in [3.05, 3.63) is 54.1 Å². The van der Waals surface area contributed by atoms with E-state index >= 15 is 0 Å². The normalized spacial score (nSPS) is 22.6. The number of benzene rings is 2.